The third kappa shape index (κ3) is 1.88. The summed E-state index contributed by atoms with van der Waals surface area (Å²) in [6.07, 6.45) is 0. The van der Waals surface area contributed by atoms with E-state index >= 15 is 0 Å². The number of rotatable bonds is 2. The van der Waals surface area contributed by atoms with Crippen LogP contribution in [0.3, 0.4) is 0 Å². The molecule has 0 radical (unpaired) electrons. The molecule has 1 aromatic carbocycles. The number of fused-ring (bicyclic) bond motifs is 3. The molecule has 0 atom stereocenters. The summed E-state index contributed by atoms with van der Waals surface area (Å²) in [7, 11) is 0. The molecular weight excluding hydrogens is 294 g/mol. The molecule has 4 rings (SSSR count). The summed E-state index contributed by atoms with van der Waals surface area (Å²) < 4.78 is 6.46. The van der Waals surface area contributed by atoms with Crippen molar-refractivity contribution in [2.75, 3.05) is 5.32 Å². The molecule has 0 saturated carbocycles. The third-order valence-corrected chi connectivity index (χ3v) is 3.24. The van der Waals surface area contributed by atoms with Gasteiger partial charge in [0.25, 0.3) is 0 Å². The zero-order valence-corrected chi connectivity index (χ0v) is 11.5. The molecule has 0 aliphatic heterocycles. The predicted molar refractivity (Wildman–Crippen MR) is 75.6 cm³/mol. The topological polar surface area (TPSA) is 94.0 Å². The molecule has 0 saturated heterocycles. The summed E-state index contributed by atoms with van der Waals surface area (Å²) in [5, 5.41) is 19.5. The highest BCUT2D eigenvalue weighted by Crippen LogP contribution is 2.24. The highest BCUT2D eigenvalue weighted by atomic mass is 35.5. The highest BCUT2D eigenvalue weighted by Gasteiger charge is 2.16. The molecule has 0 aliphatic carbocycles. The minimum absolute atomic E-state index is 0.370. The monoisotopic (exact) mass is 301 g/mol. The molecule has 0 amide bonds. The Morgan fingerprint density at radius 1 is 1.19 bits per heavy atom. The van der Waals surface area contributed by atoms with Crippen molar-refractivity contribution in [1.82, 2.24) is 29.9 Å². The van der Waals surface area contributed by atoms with E-state index in [2.05, 4.69) is 30.8 Å². The van der Waals surface area contributed by atoms with Gasteiger partial charge in [0.05, 0.1) is 0 Å². The molecule has 0 unspecified atom stereocenters. The van der Waals surface area contributed by atoms with Crippen LogP contribution in [0.5, 0.6) is 0 Å². The van der Waals surface area contributed by atoms with Crippen molar-refractivity contribution in [3.8, 4) is 0 Å². The number of aromatic nitrogens is 6. The van der Waals surface area contributed by atoms with E-state index in [0.717, 1.165) is 5.69 Å². The molecule has 0 aliphatic rings. The fraction of sp³-hybridized carbons (Fsp3) is 0.0833. The van der Waals surface area contributed by atoms with Gasteiger partial charge in [0.15, 0.2) is 5.82 Å². The first kappa shape index (κ1) is 12.0. The largest absolute Gasteiger partial charge is 0.337 e. The standard InChI is InChI=1S/C12H8ClN7O/c1-6-16-17-11-9(14-8-4-2-3-7(13)5-8)15-10-12(20(6)11)19-21-18-10/h2-5H,1H3,(H,14,15,18). The minimum atomic E-state index is 0.370. The molecule has 21 heavy (non-hydrogen) atoms. The van der Waals surface area contributed by atoms with Gasteiger partial charge >= 0.3 is 0 Å². The van der Waals surface area contributed by atoms with Crippen molar-refractivity contribution in [3.05, 3.63) is 35.1 Å². The zero-order chi connectivity index (χ0) is 14.4. The van der Waals surface area contributed by atoms with E-state index in [1.807, 2.05) is 19.1 Å². The van der Waals surface area contributed by atoms with Gasteiger partial charge in [-0.05, 0) is 35.4 Å². The van der Waals surface area contributed by atoms with Crippen LogP contribution in [0.15, 0.2) is 28.9 Å². The lowest BCUT2D eigenvalue weighted by molar-refractivity contribution is 0.313. The molecule has 1 N–H and O–H groups in total. The van der Waals surface area contributed by atoms with Gasteiger partial charge in [0.1, 0.15) is 5.82 Å². The molecule has 8 nitrogen and oxygen atoms in total. The van der Waals surface area contributed by atoms with Crippen molar-refractivity contribution in [3.63, 3.8) is 0 Å². The molecule has 0 fully saturated rings. The van der Waals surface area contributed by atoms with Crippen LogP contribution in [-0.4, -0.2) is 29.9 Å². The Hall–Kier alpha value is -2.74. The number of aryl methyl sites for hydroxylation is 1. The molecule has 3 heterocycles. The molecule has 4 aromatic rings. The second-order valence-corrected chi connectivity index (χ2v) is 4.85. The smallest absolute Gasteiger partial charge is 0.244 e. The van der Waals surface area contributed by atoms with Crippen LogP contribution < -0.4 is 5.32 Å². The Morgan fingerprint density at radius 2 is 2.10 bits per heavy atom. The normalized spacial score (nSPS) is 11.3. The van der Waals surface area contributed by atoms with Gasteiger partial charge in [-0.2, -0.15) is 0 Å². The van der Waals surface area contributed by atoms with E-state index in [4.69, 9.17) is 16.2 Å². The zero-order valence-electron chi connectivity index (χ0n) is 10.8. The molecule has 9 heteroatoms. The van der Waals surface area contributed by atoms with Gasteiger partial charge in [-0.25, -0.2) is 9.61 Å². The summed E-state index contributed by atoms with van der Waals surface area (Å²) in [5.41, 5.74) is 2.17. The first-order valence-corrected chi connectivity index (χ1v) is 6.47. The lowest BCUT2D eigenvalue weighted by atomic mass is 10.3. The van der Waals surface area contributed by atoms with Crippen LogP contribution in [0.2, 0.25) is 5.02 Å². The SMILES string of the molecule is Cc1nnc2c(Nc3cccc(Cl)c3)nc3nonc3n12. The number of hydrogen-bond acceptors (Lipinski definition) is 7. The van der Waals surface area contributed by atoms with Crippen molar-refractivity contribution >= 4 is 40.0 Å². The van der Waals surface area contributed by atoms with Crippen molar-refractivity contribution in [2.24, 2.45) is 0 Å². The quantitative estimate of drug-likeness (QED) is 0.607. The van der Waals surface area contributed by atoms with Crippen molar-refractivity contribution < 1.29 is 4.63 Å². The lowest BCUT2D eigenvalue weighted by Crippen LogP contribution is -2.01. The molecule has 0 bridgehead atoms. The Kier molecular flexibility index (Phi) is 2.51. The summed E-state index contributed by atoms with van der Waals surface area (Å²) >= 11 is 5.98. The average molecular weight is 302 g/mol. The van der Waals surface area contributed by atoms with E-state index < -0.39 is 0 Å². The van der Waals surface area contributed by atoms with Crippen LogP contribution >= 0.6 is 11.6 Å². The minimum Gasteiger partial charge on any atom is -0.337 e. The van der Waals surface area contributed by atoms with Gasteiger partial charge < -0.3 is 5.32 Å². The summed E-state index contributed by atoms with van der Waals surface area (Å²) in [4.78, 5) is 4.36. The summed E-state index contributed by atoms with van der Waals surface area (Å²) in [6.45, 7) is 1.82. The summed E-state index contributed by atoms with van der Waals surface area (Å²) in [6, 6.07) is 7.29. The van der Waals surface area contributed by atoms with Gasteiger partial charge in [0, 0.05) is 10.7 Å². The Labute approximate surface area is 122 Å². The number of benzene rings is 1. The van der Waals surface area contributed by atoms with Crippen LogP contribution in [0, 0.1) is 6.92 Å². The van der Waals surface area contributed by atoms with Crippen LogP contribution in [-0.2, 0) is 0 Å². The second-order valence-electron chi connectivity index (χ2n) is 4.41. The predicted octanol–water partition coefficient (Wildman–Crippen LogP) is 2.37. The van der Waals surface area contributed by atoms with E-state index in [9.17, 15) is 0 Å². The number of halogens is 1. The maximum atomic E-state index is 5.98. The molecule has 0 spiro atoms. The number of nitrogens with zero attached hydrogens (tertiary/aromatic N) is 6. The second kappa shape index (κ2) is 4.38. The first-order valence-electron chi connectivity index (χ1n) is 6.09. The van der Waals surface area contributed by atoms with Crippen LogP contribution in [0.25, 0.3) is 16.9 Å². The third-order valence-electron chi connectivity index (χ3n) is 3.01. The fourth-order valence-electron chi connectivity index (χ4n) is 2.10. The van der Waals surface area contributed by atoms with Gasteiger partial charge in [0.2, 0.25) is 16.9 Å². The van der Waals surface area contributed by atoms with Crippen LogP contribution in [0.4, 0.5) is 11.5 Å². The fourth-order valence-corrected chi connectivity index (χ4v) is 2.29. The summed E-state index contributed by atoms with van der Waals surface area (Å²) in [5.74, 6) is 1.17. The molecule has 3 aromatic heterocycles. The van der Waals surface area contributed by atoms with E-state index in [-0.39, 0.29) is 0 Å². The Bertz CT molecular complexity index is 961. The lowest BCUT2D eigenvalue weighted by Gasteiger charge is -2.06. The van der Waals surface area contributed by atoms with E-state index in [1.165, 1.54) is 0 Å². The number of anilines is 2. The van der Waals surface area contributed by atoms with E-state index in [0.29, 0.717) is 33.6 Å². The number of nitrogens with one attached hydrogen (secondary N) is 1. The van der Waals surface area contributed by atoms with Crippen molar-refractivity contribution in [1.29, 1.82) is 0 Å². The Morgan fingerprint density at radius 3 is 2.95 bits per heavy atom. The van der Waals surface area contributed by atoms with Crippen molar-refractivity contribution in [2.45, 2.75) is 6.92 Å². The van der Waals surface area contributed by atoms with E-state index in [1.54, 1.807) is 16.5 Å². The maximum absolute atomic E-state index is 5.98. The average Bonchev–Trinajstić information content (AvgIpc) is 3.05. The van der Waals surface area contributed by atoms with Crippen LogP contribution in [0.1, 0.15) is 5.82 Å². The first-order chi connectivity index (χ1) is 10.2. The molecule has 104 valence electrons. The van der Waals surface area contributed by atoms with Gasteiger partial charge in [-0.1, -0.05) is 17.7 Å². The highest BCUT2D eigenvalue weighted by molar-refractivity contribution is 6.30. The van der Waals surface area contributed by atoms with Gasteiger partial charge in [-0.15, -0.1) is 10.2 Å². The maximum Gasteiger partial charge on any atom is 0.244 e. The molecular formula is C12H8ClN7O. The van der Waals surface area contributed by atoms with Gasteiger partial charge in [-0.3, -0.25) is 4.40 Å². The Balaban J connectivity index is 1.94. The number of hydrogen-bond donors (Lipinski definition) is 1.